The van der Waals surface area contributed by atoms with Crippen molar-refractivity contribution in [2.24, 2.45) is 0 Å². The van der Waals surface area contributed by atoms with Crippen LogP contribution in [-0.2, 0) is 17.8 Å². The number of aromatic amines is 1. The van der Waals surface area contributed by atoms with Crippen LogP contribution in [0.15, 0.2) is 66.9 Å². The Labute approximate surface area is 204 Å². The fourth-order valence-corrected chi connectivity index (χ4v) is 3.86. The number of fused-ring (bicyclic) bond motifs is 1. The van der Waals surface area contributed by atoms with Crippen LogP contribution < -0.4 is 9.47 Å². The minimum absolute atomic E-state index is 0.141. The van der Waals surface area contributed by atoms with Crippen LogP contribution in [0.3, 0.4) is 0 Å². The lowest BCUT2D eigenvalue weighted by atomic mass is 10.0. The molecule has 4 aromatic rings. The van der Waals surface area contributed by atoms with Crippen molar-refractivity contribution in [3.05, 3.63) is 94.9 Å². The number of aryl methyl sites for hydroxylation is 1. The molecule has 4 rings (SSSR count). The first-order chi connectivity index (χ1) is 17.2. The molecule has 0 saturated carbocycles. The summed E-state index contributed by atoms with van der Waals surface area (Å²) >= 11 is 0. The van der Waals surface area contributed by atoms with E-state index in [4.69, 9.17) is 9.47 Å². The molecule has 0 unspecified atom stereocenters. The summed E-state index contributed by atoms with van der Waals surface area (Å²) in [6.45, 7) is 2.41. The van der Waals surface area contributed by atoms with Crippen molar-refractivity contribution in [3.63, 3.8) is 0 Å². The molecular formula is C27H23F4NO4. The number of ether oxygens (including phenoxy) is 3. The summed E-state index contributed by atoms with van der Waals surface area (Å²) in [6, 6.07) is 15.9. The van der Waals surface area contributed by atoms with Crippen molar-refractivity contribution in [2.75, 3.05) is 13.2 Å². The molecule has 1 aromatic heterocycles. The van der Waals surface area contributed by atoms with Gasteiger partial charge in [-0.1, -0.05) is 36.4 Å². The van der Waals surface area contributed by atoms with Gasteiger partial charge in [0.1, 0.15) is 23.9 Å². The number of benzene rings is 3. The van der Waals surface area contributed by atoms with Gasteiger partial charge in [-0.25, -0.2) is 4.39 Å². The number of Topliss-reactive ketones (excluding diaryl/α,β-unsaturated/α-hetero) is 1. The first-order valence-corrected chi connectivity index (χ1v) is 11.1. The second-order valence-electron chi connectivity index (χ2n) is 8.15. The maximum Gasteiger partial charge on any atom is 0.573 e. The molecule has 0 amide bonds. The SMILES string of the molecule is Cc1cc(OC(F)(F)F)cc2c([12C](=O)Cc3ccc(F)cc3OCCOCc3ccccc3)c[nH]c12. The van der Waals surface area contributed by atoms with E-state index in [1.165, 1.54) is 36.5 Å². The number of H-pyrrole nitrogens is 1. The highest BCUT2D eigenvalue weighted by molar-refractivity contribution is 6.09. The number of rotatable bonds is 10. The van der Waals surface area contributed by atoms with E-state index < -0.39 is 17.9 Å². The van der Waals surface area contributed by atoms with Crippen LogP contribution in [0, 0.1) is 12.7 Å². The summed E-state index contributed by atoms with van der Waals surface area (Å²) in [5.41, 5.74) is 2.67. The lowest BCUT2D eigenvalue weighted by Gasteiger charge is -2.12. The zero-order valence-corrected chi connectivity index (χ0v) is 19.3. The van der Waals surface area contributed by atoms with Gasteiger partial charge in [-0.05, 0) is 36.2 Å². The average molecular weight is 501 g/mol. The zero-order chi connectivity index (χ0) is 25.7. The van der Waals surface area contributed by atoms with Gasteiger partial charge in [0, 0.05) is 40.7 Å². The molecule has 1 heterocycles. The van der Waals surface area contributed by atoms with E-state index in [0.29, 0.717) is 28.6 Å². The average Bonchev–Trinajstić information content (AvgIpc) is 3.24. The summed E-state index contributed by atoms with van der Waals surface area (Å²) in [5.74, 6) is -1.11. The third-order valence-corrected chi connectivity index (χ3v) is 5.47. The van der Waals surface area contributed by atoms with Crippen LogP contribution in [-0.4, -0.2) is 30.3 Å². The maximum atomic E-state index is 13.9. The molecule has 0 atom stereocenters. The molecule has 5 nitrogen and oxygen atoms in total. The third-order valence-electron chi connectivity index (χ3n) is 5.47. The molecule has 0 bridgehead atoms. The van der Waals surface area contributed by atoms with Crippen LogP contribution >= 0.6 is 0 Å². The highest BCUT2D eigenvalue weighted by Gasteiger charge is 2.31. The maximum absolute atomic E-state index is 13.9. The molecule has 0 radical (unpaired) electrons. The lowest BCUT2D eigenvalue weighted by Crippen LogP contribution is -2.17. The standard InChI is InChI=1S/C27H23F4NO4/c1-17-11-21(36-27(29,30)31)14-22-23(15-32-26(17)22)24(33)12-19-7-8-20(28)13-25(19)35-10-9-34-16-18-5-3-2-4-6-18/h2-8,11,13-15,32H,9-10,12,16H2,1H3/i24+0. The number of hydrogen-bond donors (Lipinski definition) is 1. The van der Waals surface area contributed by atoms with Crippen LogP contribution in [0.4, 0.5) is 17.6 Å². The number of aromatic nitrogens is 1. The lowest BCUT2D eigenvalue weighted by molar-refractivity contribution is -0.274. The minimum atomic E-state index is -4.86. The summed E-state index contributed by atoms with van der Waals surface area (Å²) in [6.07, 6.45) is -3.55. The molecule has 3 aromatic carbocycles. The molecule has 0 fully saturated rings. The molecule has 0 aliphatic heterocycles. The topological polar surface area (TPSA) is 60.6 Å². The number of carbonyl (C=O) groups is 1. The Hall–Kier alpha value is -3.85. The largest absolute Gasteiger partial charge is 0.573 e. The Morgan fingerprint density at radius 1 is 1.00 bits per heavy atom. The number of alkyl halides is 3. The van der Waals surface area contributed by atoms with Crippen LogP contribution in [0.2, 0.25) is 0 Å². The predicted molar refractivity (Wildman–Crippen MR) is 126 cm³/mol. The Morgan fingerprint density at radius 3 is 2.53 bits per heavy atom. The first-order valence-electron chi connectivity index (χ1n) is 11.1. The normalized spacial score (nSPS) is 11.6. The van der Waals surface area contributed by atoms with Gasteiger partial charge >= 0.3 is 6.36 Å². The Bertz CT molecular complexity index is 1350. The summed E-state index contributed by atoms with van der Waals surface area (Å²) < 4.78 is 67.3. The van der Waals surface area contributed by atoms with Gasteiger partial charge in [-0.3, -0.25) is 4.79 Å². The molecule has 1 N–H and O–H groups in total. The van der Waals surface area contributed by atoms with Crippen LogP contribution in [0.5, 0.6) is 11.5 Å². The monoisotopic (exact) mass is 501 g/mol. The molecule has 36 heavy (non-hydrogen) atoms. The van der Waals surface area contributed by atoms with Crippen molar-refractivity contribution in [1.29, 1.82) is 0 Å². The van der Waals surface area contributed by atoms with Crippen molar-refractivity contribution in [2.45, 2.75) is 26.3 Å². The van der Waals surface area contributed by atoms with E-state index in [1.54, 1.807) is 6.92 Å². The zero-order valence-electron chi connectivity index (χ0n) is 19.3. The van der Waals surface area contributed by atoms with Gasteiger partial charge < -0.3 is 19.2 Å². The third kappa shape index (κ3) is 6.42. The number of nitrogens with one attached hydrogen (secondary N) is 1. The quantitative estimate of drug-likeness (QED) is 0.152. The van der Waals surface area contributed by atoms with E-state index in [9.17, 15) is 22.4 Å². The van der Waals surface area contributed by atoms with Gasteiger partial charge in [0.2, 0.25) is 0 Å². The highest BCUT2D eigenvalue weighted by Crippen LogP contribution is 2.32. The summed E-state index contributed by atoms with van der Waals surface area (Å²) in [5, 5.41) is 0.304. The summed E-state index contributed by atoms with van der Waals surface area (Å²) in [7, 11) is 0. The molecule has 0 spiro atoms. The van der Waals surface area contributed by atoms with E-state index in [0.717, 1.165) is 5.56 Å². The number of halogens is 4. The Balaban J connectivity index is 1.46. The van der Waals surface area contributed by atoms with E-state index in [2.05, 4.69) is 9.72 Å². The van der Waals surface area contributed by atoms with Gasteiger partial charge in [0.15, 0.2) is 5.78 Å². The molecular weight excluding hydrogens is 478 g/mol. The van der Waals surface area contributed by atoms with E-state index >= 15 is 0 Å². The molecule has 188 valence electrons. The van der Waals surface area contributed by atoms with Crippen molar-refractivity contribution < 1.29 is 36.6 Å². The molecule has 0 aliphatic carbocycles. The second-order valence-corrected chi connectivity index (χ2v) is 8.15. The van der Waals surface area contributed by atoms with Gasteiger partial charge in [-0.2, -0.15) is 0 Å². The van der Waals surface area contributed by atoms with E-state index in [-0.39, 0.29) is 36.7 Å². The second kappa shape index (κ2) is 10.8. The highest BCUT2D eigenvalue weighted by atomic mass is 19.4. The number of carbonyl (C=O) groups excluding carboxylic acids is 1. The van der Waals surface area contributed by atoms with E-state index in [1.807, 2.05) is 30.3 Å². The Kier molecular flexibility index (Phi) is 7.59. The molecule has 0 saturated heterocycles. The number of ketones is 1. The predicted octanol–water partition coefficient (Wildman–Crippen LogP) is 6.54. The molecule has 9 heteroatoms. The molecule has 0 aliphatic rings. The van der Waals surface area contributed by atoms with Crippen molar-refractivity contribution in [1.82, 2.24) is 4.98 Å². The fourth-order valence-electron chi connectivity index (χ4n) is 3.86. The van der Waals surface area contributed by atoms with Gasteiger partial charge in [0.25, 0.3) is 0 Å². The first kappa shape index (κ1) is 25.2. The van der Waals surface area contributed by atoms with Crippen molar-refractivity contribution >= 4 is 16.7 Å². The number of hydrogen-bond acceptors (Lipinski definition) is 4. The van der Waals surface area contributed by atoms with Gasteiger partial charge in [-0.15, -0.1) is 13.2 Å². The summed E-state index contributed by atoms with van der Waals surface area (Å²) in [4.78, 5) is 16.0. The van der Waals surface area contributed by atoms with Crippen LogP contribution in [0.25, 0.3) is 10.9 Å². The van der Waals surface area contributed by atoms with Gasteiger partial charge in [0.05, 0.1) is 13.2 Å². The Morgan fingerprint density at radius 2 is 1.78 bits per heavy atom. The fraction of sp³-hybridized carbons (Fsp3) is 0.222. The minimum Gasteiger partial charge on any atom is -0.491 e. The van der Waals surface area contributed by atoms with Crippen molar-refractivity contribution in [3.8, 4) is 11.5 Å². The van der Waals surface area contributed by atoms with Crippen LogP contribution in [0.1, 0.15) is 27.0 Å². The smallest absolute Gasteiger partial charge is 0.491 e.